The summed E-state index contributed by atoms with van der Waals surface area (Å²) in [6.07, 6.45) is -2.09. The molecular weight excluding hydrogens is 276 g/mol. The zero-order valence-corrected chi connectivity index (χ0v) is 11.7. The third-order valence-electron chi connectivity index (χ3n) is 3.63. The van der Waals surface area contributed by atoms with Gasteiger partial charge in [-0.1, -0.05) is 12.1 Å². The molecule has 0 aliphatic carbocycles. The fourth-order valence-corrected chi connectivity index (χ4v) is 2.42. The Balaban J connectivity index is 1.96. The Labute approximate surface area is 122 Å². The fourth-order valence-electron chi connectivity index (χ4n) is 2.42. The van der Waals surface area contributed by atoms with Crippen LogP contribution in [0.1, 0.15) is 10.4 Å². The molecule has 1 aliphatic heterocycles. The van der Waals surface area contributed by atoms with Gasteiger partial charge < -0.3 is 30.7 Å². The average Bonchev–Trinajstić information content (AvgIpc) is 2.80. The summed E-state index contributed by atoms with van der Waals surface area (Å²) >= 11 is 0. The highest BCUT2D eigenvalue weighted by molar-refractivity contribution is 5.96. The van der Waals surface area contributed by atoms with Crippen LogP contribution < -0.4 is 15.4 Å². The van der Waals surface area contributed by atoms with Gasteiger partial charge in [0.1, 0.15) is 5.75 Å². The van der Waals surface area contributed by atoms with E-state index >= 15 is 0 Å². The Kier molecular flexibility index (Phi) is 5.13. The molecule has 0 bridgehead atoms. The van der Waals surface area contributed by atoms with Crippen molar-refractivity contribution in [3.8, 4) is 5.75 Å². The van der Waals surface area contributed by atoms with Crippen molar-refractivity contribution in [2.75, 3.05) is 20.3 Å². The van der Waals surface area contributed by atoms with Crippen molar-refractivity contribution in [1.29, 1.82) is 0 Å². The minimum atomic E-state index is -1.05. The average molecular weight is 296 g/mol. The normalized spacial score (nSPS) is 28.4. The summed E-state index contributed by atoms with van der Waals surface area (Å²) in [7, 11) is 1.48. The third kappa shape index (κ3) is 3.33. The van der Waals surface area contributed by atoms with Crippen molar-refractivity contribution < 1.29 is 24.9 Å². The molecule has 0 aromatic heterocycles. The lowest BCUT2D eigenvalue weighted by Gasteiger charge is -2.17. The van der Waals surface area contributed by atoms with Crippen LogP contribution in [0.25, 0.3) is 0 Å². The van der Waals surface area contributed by atoms with Crippen LogP contribution in [0.2, 0.25) is 0 Å². The van der Waals surface area contributed by atoms with E-state index in [4.69, 9.17) is 9.84 Å². The van der Waals surface area contributed by atoms with E-state index in [1.807, 2.05) is 0 Å². The minimum Gasteiger partial charge on any atom is -0.496 e. The molecule has 7 nitrogen and oxygen atoms in total. The first-order valence-corrected chi connectivity index (χ1v) is 6.72. The van der Waals surface area contributed by atoms with Gasteiger partial charge in [-0.05, 0) is 12.1 Å². The number of hydrogen-bond donors (Lipinski definition) is 5. The highest BCUT2D eigenvalue weighted by Crippen LogP contribution is 2.17. The SMILES string of the molecule is COc1ccccc1C(=O)NC[C@@H]1N[C@H](CO)[C@H](O)[C@@H]1O. The molecular formula is C14H20N2O5. The molecule has 5 N–H and O–H groups in total. The highest BCUT2D eigenvalue weighted by atomic mass is 16.5. The van der Waals surface area contributed by atoms with Gasteiger partial charge in [0.15, 0.2) is 0 Å². The monoisotopic (exact) mass is 296 g/mol. The number of ether oxygens (including phenoxy) is 1. The van der Waals surface area contributed by atoms with Gasteiger partial charge in [-0.3, -0.25) is 4.79 Å². The summed E-state index contributed by atoms with van der Waals surface area (Å²) in [5, 5.41) is 34.1. The molecule has 4 atom stereocenters. The standard InChI is InChI=1S/C14H20N2O5/c1-21-11-5-3-2-4-8(11)14(20)15-6-9-12(18)13(19)10(7-17)16-9/h2-5,9-10,12-13,16-19H,6-7H2,1H3,(H,15,20)/t9-,10+,12+,13-/m0/s1. The Hall–Kier alpha value is -1.67. The van der Waals surface area contributed by atoms with Crippen LogP contribution in [0.15, 0.2) is 24.3 Å². The Morgan fingerprint density at radius 3 is 2.57 bits per heavy atom. The molecule has 1 saturated heterocycles. The van der Waals surface area contributed by atoms with Crippen LogP contribution in [-0.4, -0.2) is 65.8 Å². The number of aliphatic hydroxyl groups is 3. The van der Waals surface area contributed by atoms with Crippen molar-refractivity contribution in [3.63, 3.8) is 0 Å². The predicted molar refractivity (Wildman–Crippen MR) is 75.1 cm³/mol. The lowest BCUT2D eigenvalue weighted by Crippen LogP contribution is -2.44. The molecule has 7 heteroatoms. The fraction of sp³-hybridized carbons (Fsp3) is 0.500. The molecule has 0 radical (unpaired) electrons. The van der Waals surface area contributed by atoms with Crippen LogP contribution in [0.5, 0.6) is 5.75 Å². The molecule has 116 valence electrons. The van der Waals surface area contributed by atoms with Crippen LogP contribution in [0.3, 0.4) is 0 Å². The number of nitrogens with one attached hydrogen (secondary N) is 2. The molecule has 1 heterocycles. The number of rotatable bonds is 5. The Bertz CT molecular complexity index is 496. The van der Waals surface area contributed by atoms with Gasteiger partial charge in [-0.15, -0.1) is 0 Å². The lowest BCUT2D eigenvalue weighted by atomic mass is 10.1. The predicted octanol–water partition coefficient (Wildman–Crippen LogP) is -1.52. The molecule has 1 aromatic rings. The highest BCUT2D eigenvalue weighted by Gasteiger charge is 2.40. The first-order chi connectivity index (χ1) is 10.1. The van der Waals surface area contributed by atoms with Gasteiger partial charge in [0.2, 0.25) is 0 Å². The molecule has 1 amide bonds. The number of para-hydroxylation sites is 1. The van der Waals surface area contributed by atoms with Crippen molar-refractivity contribution in [2.45, 2.75) is 24.3 Å². The van der Waals surface area contributed by atoms with Gasteiger partial charge in [0.05, 0.1) is 43.6 Å². The van der Waals surface area contributed by atoms with E-state index in [2.05, 4.69) is 10.6 Å². The smallest absolute Gasteiger partial charge is 0.255 e. The largest absolute Gasteiger partial charge is 0.496 e. The van der Waals surface area contributed by atoms with E-state index in [1.54, 1.807) is 24.3 Å². The summed E-state index contributed by atoms with van der Waals surface area (Å²) in [5.74, 6) is 0.131. The van der Waals surface area contributed by atoms with E-state index in [-0.39, 0.29) is 19.1 Å². The van der Waals surface area contributed by atoms with E-state index in [1.165, 1.54) is 7.11 Å². The number of carbonyl (C=O) groups is 1. The summed E-state index contributed by atoms with van der Waals surface area (Å²) in [6.45, 7) is -0.152. The molecule has 0 unspecified atom stereocenters. The molecule has 1 aromatic carbocycles. The van der Waals surface area contributed by atoms with E-state index in [0.29, 0.717) is 11.3 Å². The molecule has 1 fully saturated rings. The zero-order valence-electron chi connectivity index (χ0n) is 11.7. The quantitative estimate of drug-likeness (QED) is 0.451. The Morgan fingerprint density at radius 2 is 1.95 bits per heavy atom. The lowest BCUT2D eigenvalue weighted by molar-refractivity contribution is 0.0197. The first kappa shape index (κ1) is 15.7. The molecule has 21 heavy (non-hydrogen) atoms. The molecule has 0 saturated carbocycles. The summed E-state index contributed by atoms with van der Waals surface area (Å²) < 4.78 is 5.11. The summed E-state index contributed by atoms with van der Waals surface area (Å²) in [4.78, 5) is 12.1. The van der Waals surface area contributed by atoms with Gasteiger partial charge in [0.25, 0.3) is 5.91 Å². The number of aliphatic hydroxyl groups excluding tert-OH is 3. The molecule has 1 aliphatic rings. The second kappa shape index (κ2) is 6.86. The van der Waals surface area contributed by atoms with Crippen LogP contribution in [0.4, 0.5) is 0 Å². The van der Waals surface area contributed by atoms with Gasteiger partial charge >= 0.3 is 0 Å². The summed E-state index contributed by atoms with van der Waals surface area (Å²) in [5.41, 5.74) is 0.395. The molecule has 0 spiro atoms. The minimum absolute atomic E-state index is 0.131. The van der Waals surface area contributed by atoms with Crippen molar-refractivity contribution >= 4 is 5.91 Å². The third-order valence-corrected chi connectivity index (χ3v) is 3.63. The number of carbonyl (C=O) groups excluding carboxylic acids is 1. The molecule has 2 rings (SSSR count). The topological polar surface area (TPSA) is 111 Å². The number of methoxy groups -OCH3 is 1. The van der Waals surface area contributed by atoms with Crippen molar-refractivity contribution in [1.82, 2.24) is 10.6 Å². The first-order valence-electron chi connectivity index (χ1n) is 6.72. The van der Waals surface area contributed by atoms with Crippen molar-refractivity contribution in [3.05, 3.63) is 29.8 Å². The maximum Gasteiger partial charge on any atom is 0.255 e. The van der Waals surface area contributed by atoms with Crippen LogP contribution in [0, 0.1) is 0 Å². The van der Waals surface area contributed by atoms with Crippen molar-refractivity contribution in [2.24, 2.45) is 0 Å². The van der Waals surface area contributed by atoms with Gasteiger partial charge in [0, 0.05) is 6.54 Å². The number of hydrogen-bond acceptors (Lipinski definition) is 6. The number of amides is 1. The Morgan fingerprint density at radius 1 is 1.29 bits per heavy atom. The zero-order chi connectivity index (χ0) is 15.4. The summed E-state index contributed by atoms with van der Waals surface area (Å²) in [6, 6.07) is 5.70. The van der Waals surface area contributed by atoms with Gasteiger partial charge in [-0.2, -0.15) is 0 Å². The van der Waals surface area contributed by atoms with Crippen LogP contribution >= 0.6 is 0 Å². The maximum absolute atomic E-state index is 12.1. The van der Waals surface area contributed by atoms with Gasteiger partial charge in [-0.25, -0.2) is 0 Å². The van der Waals surface area contributed by atoms with E-state index < -0.39 is 24.3 Å². The van der Waals surface area contributed by atoms with Crippen LogP contribution in [-0.2, 0) is 0 Å². The maximum atomic E-state index is 12.1. The van der Waals surface area contributed by atoms with E-state index in [0.717, 1.165) is 0 Å². The van der Waals surface area contributed by atoms with E-state index in [9.17, 15) is 15.0 Å². The number of benzene rings is 1. The second-order valence-electron chi connectivity index (χ2n) is 4.95. The second-order valence-corrected chi connectivity index (χ2v) is 4.95.